The van der Waals surface area contributed by atoms with Crippen molar-refractivity contribution in [3.05, 3.63) is 24.3 Å². The molecule has 0 aromatic heterocycles. The van der Waals surface area contributed by atoms with E-state index in [4.69, 9.17) is 0 Å². The summed E-state index contributed by atoms with van der Waals surface area (Å²) in [5.74, 6) is 1.26. The van der Waals surface area contributed by atoms with Gasteiger partial charge < -0.3 is 5.11 Å². The van der Waals surface area contributed by atoms with Crippen LogP contribution in [0.5, 0.6) is 0 Å². The Hall–Kier alpha value is -0.410. The van der Waals surface area contributed by atoms with Crippen LogP contribution in [0.1, 0.15) is 47.0 Å². The van der Waals surface area contributed by atoms with Crippen LogP contribution in [0.25, 0.3) is 0 Å². The maximum atomic E-state index is 12.4. The molecule has 0 amide bonds. The first kappa shape index (κ1) is 17.4. The highest BCUT2D eigenvalue weighted by Crippen LogP contribution is 2.64. The number of fused-ring (bicyclic) bond motifs is 3. The van der Waals surface area contributed by atoms with E-state index in [9.17, 15) is 9.90 Å². The smallest absolute Gasteiger partial charge is 0.186 e. The standard InChI is InChI=1S/C20H29BrO2/c1-13(2)14-6-5-7-15-17-18(3,10-11-20(14,15)12-21)9-8-16(22)19(17,4)23/h5,7-9,13-15,17,23H,6,10-12H2,1-4H3/t14-,15?,17?,18-,19+,20-/m0/s1. The van der Waals surface area contributed by atoms with Crippen LogP contribution in [0, 0.1) is 34.5 Å². The lowest BCUT2D eigenvalue weighted by atomic mass is 9.43. The molecule has 0 saturated heterocycles. The van der Waals surface area contributed by atoms with Crippen molar-refractivity contribution in [1.82, 2.24) is 0 Å². The normalized spacial score (nSPS) is 49.2. The van der Waals surface area contributed by atoms with Gasteiger partial charge in [-0.1, -0.05) is 54.9 Å². The van der Waals surface area contributed by atoms with E-state index >= 15 is 0 Å². The van der Waals surface area contributed by atoms with Crippen LogP contribution in [0.2, 0.25) is 0 Å². The molecule has 1 fully saturated rings. The van der Waals surface area contributed by atoms with Crippen molar-refractivity contribution in [2.24, 2.45) is 34.5 Å². The minimum absolute atomic E-state index is 0.0448. The number of carbonyl (C=O) groups excluding carboxylic acids is 1. The molecule has 2 unspecified atom stereocenters. The Morgan fingerprint density at radius 3 is 2.65 bits per heavy atom. The lowest BCUT2D eigenvalue weighted by Gasteiger charge is -2.62. The van der Waals surface area contributed by atoms with Crippen LogP contribution >= 0.6 is 15.9 Å². The molecule has 1 saturated carbocycles. The van der Waals surface area contributed by atoms with Gasteiger partial charge in [0.25, 0.3) is 0 Å². The van der Waals surface area contributed by atoms with Crippen molar-refractivity contribution in [3.8, 4) is 0 Å². The number of hydrogen-bond donors (Lipinski definition) is 1. The molecule has 0 aromatic carbocycles. The molecule has 3 rings (SSSR count). The van der Waals surface area contributed by atoms with Crippen molar-refractivity contribution < 1.29 is 9.90 Å². The Labute approximate surface area is 148 Å². The molecule has 23 heavy (non-hydrogen) atoms. The number of ketones is 1. The molecular formula is C20H29BrO2. The molecule has 0 radical (unpaired) electrons. The molecule has 128 valence electrons. The lowest BCUT2D eigenvalue weighted by molar-refractivity contribution is -0.163. The van der Waals surface area contributed by atoms with E-state index in [0.717, 1.165) is 24.6 Å². The Balaban J connectivity index is 2.14. The van der Waals surface area contributed by atoms with Gasteiger partial charge in [0, 0.05) is 11.2 Å². The highest BCUT2D eigenvalue weighted by molar-refractivity contribution is 9.09. The van der Waals surface area contributed by atoms with Gasteiger partial charge >= 0.3 is 0 Å². The van der Waals surface area contributed by atoms with Crippen LogP contribution in [0.3, 0.4) is 0 Å². The van der Waals surface area contributed by atoms with Crippen molar-refractivity contribution in [3.63, 3.8) is 0 Å². The quantitative estimate of drug-likeness (QED) is 0.564. The van der Waals surface area contributed by atoms with Gasteiger partial charge in [0.15, 0.2) is 5.78 Å². The minimum atomic E-state index is -1.27. The summed E-state index contributed by atoms with van der Waals surface area (Å²) in [6.45, 7) is 8.57. The van der Waals surface area contributed by atoms with Crippen LogP contribution in [-0.4, -0.2) is 21.8 Å². The molecular weight excluding hydrogens is 352 g/mol. The van der Waals surface area contributed by atoms with Crippen molar-refractivity contribution in [2.75, 3.05) is 5.33 Å². The van der Waals surface area contributed by atoms with Crippen LogP contribution in [0.4, 0.5) is 0 Å². The maximum absolute atomic E-state index is 12.4. The van der Waals surface area contributed by atoms with E-state index in [2.05, 4.69) is 54.9 Å². The monoisotopic (exact) mass is 380 g/mol. The number of hydrogen-bond acceptors (Lipinski definition) is 2. The van der Waals surface area contributed by atoms with E-state index < -0.39 is 5.60 Å². The Bertz CT molecular complexity index is 562. The molecule has 0 aromatic rings. The van der Waals surface area contributed by atoms with Gasteiger partial charge in [-0.25, -0.2) is 0 Å². The first-order valence-corrected chi connectivity index (χ1v) is 10.00. The summed E-state index contributed by atoms with van der Waals surface area (Å²) >= 11 is 3.82. The Morgan fingerprint density at radius 1 is 1.35 bits per heavy atom. The fraction of sp³-hybridized carbons (Fsp3) is 0.750. The average molecular weight is 381 g/mol. The van der Waals surface area contributed by atoms with Gasteiger partial charge in [-0.3, -0.25) is 4.79 Å². The van der Waals surface area contributed by atoms with E-state index in [1.165, 1.54) is 0 Å². The van der Waals surface area contributed by atoms with Gasteiger partial charge in [-0.2, -0.15) is 0 Å². The van der Waals surface area contributed by atoms with Crippen molar-refractivity contribution in [1.29, 1.82) is 0 Å². The Morgan fingerprint density at radius 2 is 2.04 bits per heavy atom. The zero-order chi connectivity index (χ0) is 17.0. The molecule has 3 aliphatic rings. The van der Waals surface area contributed by atoms with Crippen LogP contribution in [-0.2, 0) is 4.79 Å². The minimum Gasteiger partial charge on any atom is -0.382 e. The molecule has 3 aliphatic carbocycles. The van der Waals surface area contributed by atoms with Crippen LogP contribution in [0.15, 0.2) is 24.3 Å². The fourth-order valence-corrected chi connectivity index (χ4v) is 6.94. The zero-order valence-corrected chi connectivity index (χ0v) is 16.3. The van der Waals surface area contributed by atoms with E-state index in [1.54, 1.807) is 13.0 Å². The second kappa shape index (κ2) is 5.56. The predicted octanol–water partition coefficient (Wildman–Crippen LogP) is 4.52. The number of allylic oxidation sites excluding steroid dienone is 3. The largest absolute Gasteiger partial charge is 0.382 e. The third-order valence-electron chi connectivity index (χ3n) is 7.11. The molecule has 6 atom stereocenters. The molecule has 3 heteroatoms. The zero-order valence-electron chi connectivity index (χ0n) is 14.7. The first-order valence-electron chi connectivity index (χ1n) is 8.88. The fourth-order valence-electron chi connectivity index (χ4n) is 5.87. The van der Waals surface area contributed by atoms with Gasteiger partial charge in [0.2, 0.25) is 0 Å². The summed E-state index contributed by atoms with van der Waals surface area (Å²) in [5, 5.41) is 12.1. The van der Waals surface area contributed by atoms with Gasteiger partial charge in [-0.15, -0.1) is 0 Å². The molecule has 0 bridgehead atoms. The second-order valence-electron chi connectivity index (χ2n) is 8.74. The van der Waals surface area contributed by atoms with Crippen LogP contribution < -0.4 is 0 Å². The third kappa shape index (κ3) is 2.33. The van der Waals surface area contributed by atoms with Gasteiger partial charge in [-0.05, 0) is 60.8 Å². The first-order chi connectivity index (χ1) is 10.7. The molecule has 2 nitrogen and oxygen atoms in total. The summed E-state index contributed by atoms with van der Waals surface area (Å²) in [7, 11) is 0. The lowest BCUT2D eigenvalue weighted by Crippen LogP contribution is -2.62. The molecule has 0 aliphatic heterocycles. The number of carbonyl (C=O) groups is 1. The Kier molecular flexibility index (Phi) is 4.21. The van der Waals surface area contributed by atoms with E-state index in [-0.39, 0.29) is 28.4 Å². The molecule has 1 N–H and O–H groups in total. The van der Waals surface area contributed by atoms with Gasteiger partial charge in [0.1, 0.15) is 5.60 Å². The van der Waals surface area contributed by atoms with Gasteiger partial charge in [0.05, 0.1) is 0 Å². The van der Waals surface area contributed by atoms with Crippen molar-refractivity contribution >= 4 is 21.7 Å². The SMILES string of the molecule is CC(C)[C@@H]1CC=CC2C3[C@@](C)(C=CC(=O)[C@@]3(C)O)CC[C@@]21CBr. The topological polar surface area (TPSA) is 37.3 Å². The highest BCUT2D eigenvalue weighted by Gasteiger charge is 2.62. The number of alkyl halides is 1. The number of aliphatic hydroxyl groups is 1. The second-order valence-corrected chi connectivity index (χ2v) is 9.30. The highest BCUT2D eigenvalue weighted by atomic mass is 79.9. The summed E-state index contributed by atoms with van der Waals surface area (Å²) in [6, 6.07) is 0. The van der Waals surface area contributed by atoms with E-state index in [1.807, 2.05) is 0 Å². The molecule has 0 heterocycles. The predicted molar refractivity (Wildman–Crippen MR) is 97.4 cm³/mol. The summed E-state index contributed by atoms with van der Waals surface area (Å²) in [6.07, 6.45) is 11.6. The summed E-state index contributed by atoms with van der Waals surface area (Å²) in [4.78, 5) is 12.4. The van der Waals surface area contributed by atoms with Crippen molar-refractivity contribution in [2.45, 2.75) is 52.6 Å². The molecule has 0 spiro atoms. The number of halogens is 1. The third-order valence-corrected chi connectivity index (χ3v) is 8.15. The summed E-state index contributed by atoms with van der Waals surface area (Å²) < 4.78 is 0. The number of rotatable bonds is 2. The maximum Gasteiger partial charge on any atom is 0.186 e. The van der Waals surface area contributed by atoms with E-state index in [0.29, 0.717) is 11.8 Å². The summed E-state index contributed by atoms with van der Waals surface area (Å²) in [5.41, 5.74) is -1.23. The average Bonchev–Trinajstić information content (AvgIpc) is 2.50.